The average Bonchev–Trinajstić information content (AvgIpc) is 3.35. The average molecular weight is 386 g/mol. The van der Waals surface area contributed by atoms with Gasteiger partial charge in [-0.1, -0.05) is 12.1 Å². The Kier molecular flexibility index (Phi) is 6.31. The van der Waals surface area contributed by atoms with Gasteiger partial charge in [0.2, 0.25) is 5.91 Å². The lowest BCUT2D eigenvalue weighted by molar-refractivity contribution is -0.152. The molecule has 1 aromatic heterocycles. The largest absolute Gasteiger partial charge is 0.497 e. The van der Waals surface area contributed by atoms with Gasteiger partial charge in [0.15, 0.2) is 6.61 Å². The molecule has 1 fully saturated rings. The van der Waals surface area contributed by atoms with E-state index >= 15 is 0 Å². The first-order valence-electron chi connectivity index (χ1n) is 8.91. The summed E-state index contributed by atoms with van der Waals surface area (Å²) in [4.78, 5) is 37.7. The molecule has 0 bridgehead atoms. The summed E-state index contributed by atoms with van der Waals surface area (Å²) >= 11 is 0. The number of carbonyl (C=O) groups excluding carboxylic acids is 3. The zero-order chi connectivity index (χ0) is 19.9. The van der Waals surface area contributed by atoms with Crippen molar-refractivity contribution in [3.05, 3.63) is 54.0 Å². The van der Waals surface area contributed by atoms with Crippen LogP contribution < -0.4 is 10.1 Å². The van der Waals surface area contributed by atoms with E-state index in [2.05, 4.69) is 5.32 Å². The Labute approximate surface area is 162 Å². The number of methoxy groups -OCH3 is 1. The highest BCUT2D eigenvalue weighted by Gasteiger charge is 2.35. The molecule has 2 amide bonds. The maximum atomic E-state index is 12.2. The molecule has 0 radical (unpaired) electrons. The van der Waals surface area contributed by atoms with E-state index < -0.39 is 17.8 Å². The highest BCUT2D eigenvalue weighted by atomic mass is 16.5. The fourth-order valence-electron chi connectivity index (χ4n) is 2.92. The van der Waals surface area contributed by atoms with Crippen LogP contribution in [0.25, 0.3) is 0 Å². The number of carbonyl (C=O) groups is 3. The van der Waals surface area contributed by atoms with E-state index in [9.17, 15) is 14.4 Å². The van der Waals surface area contributed by atoms with Gasteiger partial charge in [-0.05, 0) is 29.8 Å². The van der Waals surface area contributed by atoms with Gasteiger partial charge in [-0.3, -0.25) is 14.4 Å². The summed E-state index contributed by atoms with van der Waals surface area (Å²) in [6, 6.07) is 10.8. The second-order valence-corrected chi connectivity index (χ2v) is 6.49. The van der Waals surface area contributed by atoms with Crippen molar-refractivity contribution in [1.82, 2.24) is 10.2 Å². The van der Waals surface area contributed by atoms with Crippen LogP contribution in [0, 0.1) is 5.92 Å². The molecule has 8 nitrogen and oxygen atoms in total. The number of furan rings is 1. The number of nitrogens with zero attached hydrogens (tertiary/aromatic N) is 1. The topological polar surface area (TPSA) is 98.1 Å². The number of benzene rings is 1. The van der Waals surface area contributed by atoms with E-state index in [0.717, 1.165) is 11.3 Å². The van der Waals surface area contributed by atoms with Crippen molar-refractivity contribution in [3.63, 3.8) is 0 Å². The van der Waals surface area contributed by atoms with Gasteiger partial charge >= 0.3 is 5.97 Å². The van der Waals surface area contributed by atoms with Crippen LogP contribution in [0.3, 0.4) is 0 Å². The molecule has 1 aliphatic heterocycles. The Balaban J connectivity index is 1.39. The van der Waals surface area contributed by atoms with Gasteiger partial charge in [-0.2, -0.15) is 0 Å². The lowest BCUT2D eigenvalue weighted by Crippen LogP contribution is -2.31. The molecule has 1 aliphatic rings. The van der Waals surface area contributed by atoms with Crippen molar-refractivity contribution >= 4 is 17.8 Å². The fraction of sp³-hybridized carbons (Fsp3) is 0.350. The first-order chi connectivity index (χ1) is 13.5. The van der Waals surface area contributed by atoms with Crippen LogP contribution in [-0.4, -0.2) is 42.9 Å². The standard InChI is InChI=1S/C20H22N2O6/c1-26-16-6-4-14(5-7-16)10-21-18(23)13-28-20(25)15-9-19(24)22(11-15)12-17-3-2-8-27-17/h2-8,15H,9-13H2,1H3,(H,21,23)/t15-/m0/s1. The highest BCUT2D eigenvalue weighted by Crippen LogP contribution is 2.21. The molecule has 1 saturated heterocycles. The molecule has 3 rings (SSSR count). The maximum absolute atomic E-state index is 12.2. The van der Waals surface area contributed by atoms with E-state index in [0.29, 0.717) is 18.8 Å². The second kappa shape index (κ2) is 9.07. The van der Waals surface area contributed by atoms with Crippen LogP contribution in [0.5, 0.6) is 5.75 Å². The maximum Gasteiger partial charge on any atom is 0.311 e. The van der Waals surface area contributed by atoms with E-state index in [1.807, 2.05) is 12.1 Å². The normalized spacial score (nSPS) is 16.1. The molecule has 0 saturated carbocycles. The first-order valence-corrected chi connectivity index (χ1v) is 8.91. The number of ether oxygens (including phenoxy) is 2. The molecular formula is C20H22N2O6. The van der Waals surface area contributed by atoms with Crippen molar-refractivity contribution in [2.45, 2.75) is 19.5 Å². The molecule has 2 aromatic rings. The Hall–Kier alpha value is -3.29. The number of rotatable bonds is 8. The van der Waals surface area contributed by atoms with Crippen LogP contribution in [0.2, 0.25) is 0 Å². The van der Waals surface area contributed by atoms with Gasteiger partial charge in [0.05, 0.1) is 25.8 Å². The number of hydrogen-bond donors (Lipinski definition) is 1. The van der Waals surface area contributed by atoms with Crippen molar-refractivity contribution in [2.24, 2.45) is 5.92 Å². The van der Waals surface area contributed by atoms with E-state index in [1.54, 1.807) is 36.3 Å². The van der Waals surface area contributed by atoms with Crippen molar-refractivity contribution < 1.29 is 28.3 Å². The first kappa shape index (κ1) is 19.5. The van der Waals surface area contributed by atoms with Crippen molar-refractivity contribution in [3.8, 4) is 5.75 Å². The third-order valence-electron chi connectivity index (χ3n) is 4.47. The number of amides is 2. The van der Waals surface area contributed by atoms with E-state index in [-0.39, 0.29) is 25.5 Å². The molecule has 148 valence electrons. The summed E-state index contributed by atoms with van der Waals surface area (Å²) < 4.78 is 15.4. The van der Waals surface area contributed by atoms with Gasteiger partial charge in [-0.25, -0.2) is 0 Å². The minimum Gasteiger partial charge on any atom is -0.497 e. The van der Waals surface area contributed by atoms with Crippen molar-refractivity contribution in [2.75, 3.05) is 20.3 Å². The van der Waals surface area contributed by atoms with Gasteiger partial charge in [0, 0.05) is 19.5 Å². The zero-order valence-electron chi connectivity index (χ0n) is 15.6. The molecule has 8 heteroatoms. The van der Waals surface area contributed by atoms with E-state index in [4.69, 9.17) is 13.9 Å². The van der Waals surface area contributed by atoms with Crippen molar-refractivity contribution in [1.29, 1.82) is 0 Å². The highest BCUT2D eigenvalue weighted by molar-refractivity contribution is 5.88. The quantitative estimate of drug-likeness (QED) is 0.691. The summed E-state index contributed by atoms with van der Waals surface area (Å²) in [7, 11) is 1.58. The second-order valence-electron chi connectivity index (χ2n) is 6.49. The lowest BCUT2D eigenvalue weighted by Gasteiger charge is -2.14. The smallest absolute Gasteiger partial charge is 0.311 e. The predicted molar refractivity (Wildman–Crippen MR) is 98.0 cm³/mol. The molecule has 28 heavy (non-hydrogen) atoms. The third-order valence-corrected chi connectivity index (χ3v) is 4.47. The molecule has 2 heterocycles. The summed E-state index contributed by atoms with van der Waals surface area (Å²) in [5, 5.41) is 2.68. The van der Waals surface area contributed by atoms with E-state index in [1.165, 1.54) is 6.26 Å². The number of nitrogens with one attached hydrogen (secondary N) is 1. The number of likely N-dealkylation sites (tertiary alicyclic amines) is 1. The molecule has 0 unspecified atom stereocenters. The SMILES string of the molecule is COc1ccc(CNC(=O)COC(=O)[C@H]2CC(=O)N(Cc3ccco3)C2)cc1. The summed E-state index contributed by atoms with van der Waals surface area (Å²) in [6.45, 7) is 0.515. The Bertz CT molecular complexity index is 816. The van der Waals surface area contributed by atoms with Gasteiger partial charge in [0.25, 0.3) is 5.91 Å². The van der Waals surface area contributed by atoms with Crippen LogP contribution in [0.4, 0.5) is 0 Å². The summed E-state index contributed by atoms with van der Waals surface area (Å²) in [5.74, 6) is -0.272. The number of esters is 1. The summed E-state index contributed by atoms with van der Waals surface area (Å²) in [5.41, 5.74) is 0.899. The minimum absolute atomic E-state index is 0.0764. The Morgan fingerprint density at radius 1 is 1.25 bits per heavy atom. The third kappa shape index (κ3) is 5.12. The van der Waals surface area contributed by atoms with Gasteiger partial charge in [0.1, 0.15) is 11.5 Å². The number of hydrogen-bond acceptors (Lipinski definition) is 6. The van der Waals surface area contributed by atoms with Crippen LogP contribution in [0.1, 0.15) is 17.7 Å². The Morgan fingerprint density at radius 2 is 2.04 bits per heavy atom. The zero-order valence-corrected chi connectivity index (χ0v) is 15.6. The monoisotopic (exact) mass is 386 g/mol. The fourth-order valence-corrected chi connectivity index (χ4v) is 2.92. The molecule has 1 atom stereocenters. The molecular weight excluding hydrogens is 364 g/mol. The van der Waals surface area contributed by atoms with Crippen LogP contribution in [0.15, 0.2) is 47.1 Å². The minimum atomic E-state index is -0.572. The molecule has 0 spiro atoms. The van der Waals surface area contributed by atoms with Crippen LogP contribution >= 0.6 is 0 Å². The Morgan fingerprint density at radius 3 is 2.71 bits per heavy atom. The molecule has 1 aromatic carbocycles. The molecule has 0 aliphatic carbocycles. The van der Waals surface area contributed by atoms with Gasteiger partial charge in [-0.15, -0.1) is 0 Å². The lowest BCUT2D eigenvalue weighted by atomic mass is 10.1. The predicted octanol–water partition coefficient (Wildman–Crippen LogP) is 1.50. The van der Waals surface area contributed by atoms with Gasteiger partial charge < -0.3 is 24.1 Å². The molecule has 1 N–H and O–H groups in total. The summed E-state index contributed by atoms with van der Waals surface area (Å²) in [6.07, 6.45) is 1.61. The van der Waals surface area contributed by atoms with Crippen LogP contribution in [-0.2, 0) is 32.2 Å².